The normalized spacial score (nSPS) is 13.4. The van der Waals surface area contributed by atoms with Crippen LogP contribution in [0.15, 0.2) is 42.5 Å². The number of ether oxygens (including phenoxy) is 2. The van der Waals surface area contributed by atoms with E-state index < -0.39 is 16.6 Å². The van der Waals surface area contributed by atoms with Crippen molar-refractivity contribution in [1.29, 1.82) is 0 Å². The number of halogens is 1. The molecule has 182 valence electrons. The number of hydrogen-bond donors (Lipinski definition) is 2. The van der Waals surface area contributed by atoms with Gasteiger partial charge in [-0.15, -0.1) is 0 Å². The molecule has 1 aliphatic rings. The van der Waals surface area contributed by atoms with Gasteiger partial charge in [-0.25, -0.2) is 9.37 Å². The van der Waals surface area contributed by atoms with Gasteiger partial charge < -0.3 is 25.4 Å². The Morgan fingerprint density at radius 2 is 2.03 bits per heavy atom. The molecule has 0 unspecified atom stereocenters. The van der Waals surface area contributed by atoms with Crippen molar-refractivity contribution in [2.45, 2.75) is 13.3 Å². The molecule has 3 aromatic rings. The number of nitro groups is 1. The van der Waals surface area contributed by atoms with Crippen molar-refractivity contribution in [3.8, 4) is 11.6 Å². The maximum Gasteiger partial charge on any atom is 0.273 e. The van der Waals surface area contributed by atoms with Crippen molar-refractivity contribution in [3.63, 3.8) is 0 Å². The molecule has 3 N–H and O–H groups in total. The van der Waals surface area contributed by atoms with Gasteiger partial charge in [0.15, 0.2) is 11.5 Å². The van der Waals surface area contributed by atoms with Crippen molar-refractivity contribution < 1.29 is 23.6 Å². The summed E-state index contributed by atoms with van der Waals surface area (Å²) in [4.78, 5) is 33.1. The predicted molar refractivity (Wildman–Crippen MR) is 126 cm³/mol. The summed E-state index contributed by atoms with van der Waals surface area (Å²) >= 11 is 0. The number of aryl methyl sites for hydroxylation is 1. The van der Waals surface area contributed by atoms with Crippen LogP contribution in [0.4, 0.5) is 27.3 Å². The summed E-state index contributed by atoms with van der Waals surface area (Å²) in [6, 6.07) is 10.1. The summed E-state index contributed by atoms with van der Waals surface area (Å²) in [5.74, 6) is -1.12. The van der Waals surface area contributed by atoms with Crippen LogP contribution in [0, 0.1) is 15.9 Å². The highest BCUT2D eigenvalue weighted by atomic mass is 19.1. The molecule has 11 nitrogen and oxygen atoms in total. The Hall–Kier alpha value is -4.32. The Kier molecular flexibility index (Phi) is 7.01. The van der Waals surface area contributed by atoms with Crippen LogP contribution in [0.5, 0.6) is 11.6 Å². The zero-order valence-corrected chi connectivity index (χ0v) is 18.9. The van der Waals surface area contributed by atoms with Gasteiger partial charge in [-0.05, 0) is 30.7 Å². The van der Waals surface area contributed by atoms with Crippen molar-refractivity contribution in [2.75, 3.05) is 36.5 Å². The lowest BCUT2D eigenvalue weighted by Gasteiger charge is -2.29. The molecule has 1 aromatic heterocycles. The molecule has 0 radical (unpaired) electrons. The van der Waals surface area contributed by atoms with E-state index in [1.807, 2.05) is 4.90 Å². The summed E-state index contributed by atoms with van der Waals surface area (Å²) in [5.41, 5.74) is 6.29. The van der Waals surface area contributed by atoms with Gasteiger partial charge in [0.2, 0.25) is 5.88 Å². The molecule has 1 amide bonds. The van der Waals surface area contributed by atoms with Crippen molar-refractivity contribution in [2.24, 2.45) is 5.73 Å². The molecular weight excluding hydrogens is 459 g/mol. The number of nitro benzene ring substituents is 1. The molecule has 35 heavy (non-hydrogen) atoms. The van der Waals surface area contributed by atoms with E-state index in [1.54, 1.807) is 19.1 Å². The fourth-order valence-corrected chi connectivity index (χ4v) is 3.58. The van der Waals surface area contributed by atoms with Gasteiger partial charge in [0.1, 0.15) is 17.3 Å². The fourth-order valence-electron chi connectivity index (χ4n) is 3.58. The molecule has 0 atom stereocenters. The molecule has 0 bridgehead atoms. The Morgan fingerprint density at radius 1 is 1.26 bits per heavy atom. The van der Waals surface area contributed by atoms with E-state index in [4.69, 9.17) is 15.2 Å². The topological polar surface area (TPSA) is 146 Å². The standard InChI is InChI=1S/C23H23FN6O5/c1-2-18-23(35-16-5-3-4-15(13-16)30(32)33)28-22(20(27-18)21(25)31)26-14-6-7-19(17(24)12-14)29-8-10-34-11-9-29/h3-7,12-13H,2,8-11H2,1H3,(H2,25,31)(H,26,28). The average molecular weight is 482 g/mol. The van der Waals surface area contributed by atoms with Gasteiger partial charge in [-0.1, -0.05) is 13.0 Å². The van der Waals surface area contributed by atoms with Crippen LogP contribution in [-0.2, 0) is 11.2 Å². The number of carbonyl (C=O) groups is 1. The number of benzene rings is 2. The van der Waals surface area contributed by atoms with Gasteiger partial charge in [0.25, 0.3) is 11.6 Å². The molecule has 0 aliphatic carbocycles. The van der Waals surface area contributed by atoms with E-state index in [-0.39, 0.29) is 28.8 Å². The first-order valence-electron chi connectivity index (χ1n) is 10.9. The van der Waals surface area contributed by atoms with Crippen molar-refractivity contribution in [1.82, 2.24) is 9.97 Å². The smallest absolute Gasteiger partial charge is 0.273 e. The third-order valence-electron chi connectivity index (χ3n) is 5.30. The summed E-state index contributed by atoms with van der Waals surface area (Å²) in [6.07, 6.45) is 0.348. The quantitative estimate of drug-likeness (QED) is 0.363. The number of morpholine rings is 1. The zero-order valence-electron chi connectivity index (χ0n) is 18.9. The molecule has 4 rings (SSSR count). The van der Waals surface area contributed by atoms with E-state index in [1.165, 1.54) is 30.3 Å². The highest BCUT2D eigenvalue weighted by Crippen LogP contribution is 2.30. The molecule has 2 heterocycles. The second kappa shape index (κ2) is 10.3. The maximum absolute atomic E-state index is 14.9. The Morgan fingerprint density at radius 3 is 2.69 bits per heavy atom. The van der Waals surface area contributed by atoms with Gasteiger partial charge in [0, 0.05) is 24.8 Å². The number of primary amides is 1. The van der Waals surface area contributed by atoms with Crippen LogP contribution >= 0.6 is 0 Å². The average Bonchev–Trinajstić information content (AvgIpc) is 2.85. The van der Waals surface area contributed by atoms with Gasteiger partial charge in [-0.3, -0.25) is 14.9 Å². The predicted octanol–water partition coefficient (Wildman–Crippen LogP) is 3.56. The SMILES string of the molecule is CCc1nc(C(N)=O)c(Nc2ccc(N3CCOCC3)c(F)c2)nc1Oc1cccc([N+](=O)[O-])c1. The van der Waals surface area contributed by atoms with E-state index in [9.17, 15) is 19.3 Å². The third kappa shape index (κ3) is 5.44. The second-order valence-electron chi connectivity index (χ2n) is 7.64. The minimum Gasteiger partial charge on any atom is -0.437 e. The number of non-ortho nitro benzene ring substituents is 1. The van der Waals surface area contributed by atoms with Crippen molar-refractivity contribution in [3.05, 3.63) is 69.8 Å². The number of amides is 1. The lowest BCUT2D eigenvalue weighted by atomic mass is 10.2. The minimum atomic E-state index is -0.831. The zero-order chi connectivity index (χ0) is 24.9. The number of nitrogens with one attached hydrogen (secondary N) is 1. The summed E-state index contributed by atoms with van der Waals surface area (Å²) in [6.45, 7) is 3.99. The number of rotatable bonds is 8. The molecular formula is C23H23FN6O5. The van der Waals surface area contributed by atoms with E-state index in [0.717, 1.165) is 0 Å². The number of aromatic nitrogens is 2. The van der Waals surface area contributed by atoms with Crippen LogP contribution in [0.1, 0.15) is 23.1 Å². The van der Waals surface area contributed by atoms with Crippen LogP contribution in [0.25, 0.3) is 0 Å². The number of hydrogen-bond acceptors (Lipinski definition) is 9. The van der Waals surface area contributed by atoms with Crippen LogP contribution in [-0.4, -0.2) is 47.1 Å². The number of carbonyl (C=O) groups excluding carboxylic acids is 1. The van der Waals surface area contributed by atoms with Crippen LogP contribution in [0.3, 0.4) is 0 Å². The van der Waals surface area contributed by atoms with Gasteiger partial charge in [-0.2, -0.15) is 4.98 Å². The lowest BCUT2D eigenvalue weighted by Crippen LogP contribution is -2.36. The fraction of sp³-hybridized carbons (Fsp3) is 0.261. The Bertz CT molecular complexity index is 1270. The summed E-state index contributed by atoms with van der Waals surface area (Å²) < 4.78 is 25.9. The Balaban J connectivity index is 1.66. The molecule has 2 aromatic carbocycles. The molecule has 1 saturated heterocycles. The van der Waals surface area contributed by atoms with E-state index in [2.05, 4.69) is 15.3 Å². The molecule has 12 heteroatoms. The minimum absolute atomic E-state index is 0.0332. The van der Waals surface area contributed by atoms with Crippen LogP contribution in [0.2, 0.25) is 0 Å². The highest BCUT2D eigenvalue weighted by Gasteiger charge is 2.21. The summed E-state index contributed by atoms with van der Waals surface area (Å²) in [7, 11) is 0. The first kappa shape index (κ1) is 23.8. The number of nitrogens with zero attached hydrogens (tertiary/aromatic N) is 4. The monoisotopic (exact) mass is 482 g/mol. The second-order valence-corrected chi connectivity index (χ2v) is 7.64. The molecule has 1 aliphatic heterocycles. The number of anilines is 3. The largest absolute Gasteiger partial charge is 0.437 e. The number of nitrogens with two attached hydrogens (primary N) is 1. The van der Waals surface area contributed by atoms with Gasteiger partial charge >= 0.3 is 0 Å². The molecule has 0 saturated carbocycles. The Labute approximate surface area is 199 Å². The van der Waals surface area contributed by atoms with Gasteiger partial charge in [0.05, 0.1) is 29.9 Å². The highest BCUT2D eigenvalue weighted by molar-refractivity contribution is 5.96. The first-order valence-corrected chi connectivity index (χ1v) is 10.9. The maximum atomic E-state index is 14.9. The van der Waals surface area contributed by atoms with E-state index >= 15 is 0 Å². The molecule has 0 spiro atoms. The van der Waals surface area contributed by atoms with E-state index in [0.29, 0.717) is 49.8 Å². The third-order valence-corrected chi connectivity index (χ3v) is 5.30. The van der Waals surface area contributed by atoms with Crippen LogP contribution < -0.4 is 20.7 Å². The first-order chi connectivity index (χ1) is 16.9. The molecule has 1 fully saturated rings. The van der Waals surface area contributed by atoms with Crippen molar-refractivity contribution >= 4 is 28.8 Å². The summed E-state index contributed by atoms with van der Waals surface area (Å²) in [5, 5.41) is 14.0. The lowest BCUT2D eigenvalue weighted by molar-refractivity contribution is -0.384.